The Kier molecular flexibility index (Phi) is 7.52. The zero-order valence-electron chi connectivity index (χ0n) is 17.6. The van der Waals surface area contributed by atoms with Crippen molar-refractivity contribution < 1.29 is 28.2 Å². The van der Waals surface area contributed by atoms with Gasteiger partial charge >= 0.3 is 12.2 Å². The number of carbonyl (C=O) groups is 1. The Morgan fingerprint density at radius 2 is 1.97 bits per heavy atom. The first kappa shape index (κ1) is 23.7. The molecule has 1 atom stereocenters. The van der Waals surface area contributed by atoms with Crippen LogP contribution in [0.15, 0.2) is 30.5 Å². The molecule has 0 radical (unpaired) electrons. The van der Waals surface area contributed by atoms with Gasteiger partial charge in [-0.1, -0.05) is 13.0 Å². The number of pyridine rings is 2. The Hall–Kier alpha value is -2.92. The Balaban J connectivity index is 1.68. The number of piperidine rings is 1. The van der Waals surface area contributed by atoms with Crippen molar-refractivity contribution in [2.45, 2.75) is 38.6 Å². The lowest BCUT2D eigenvalue weighted by molar-refractivity contribution is -0.141. The van der Waals surface area contributed by atoms with Gasteiger partial charge < -0.3 is 25.7 Å². The second kappa shape index (κ2) is 10.1. The minimum absolute atomic E-state index is 0.00685. The quantitative estimate of drug-likeness (QED) is 0.535. The molecular weight excluding hydrogens is 427 g/mol. The van der Waals surface area contributed by atoms with Crippen molar-refractivity contribution in [3.05, 3.63) is 47.4 Å². The number of alkyl halides is 3. The molecule has 1 unspecified atom stereocenters. The van der Waals surface area contributed by atoms with Crippen molar-refractivity contribution in [3.8, 4) is 0 Å². The molecule has 1 aliphatic heterocycles. The summed E-state index contributed by atoms with van der Waals surface area (Å²) in [6, 6.07) is 4.67. The molecule has 2 aromatic heterocycles. The lowest BCUT2D eigenvalue weighted by Gasteiger charge is -2.33. The van der Waals surface area contributed by atoms with E-state index in [-0.39, 0.29) is 18.1 Å². The molecule has 1 saturated heterocycles. The molecule has 0 aliphatic carbocycles. The fraction of sp³-hybridized carbons (Fsp3) is 0.476. The molecule has 11 heteroatoms. The number of nitrogens with one attached hydrogen (secondary N) is 2. The highest BCUT2D eigenvalue weighted by Gasteiger charge is 2.34. The predicted octanol–water partition coefficient (Wildman–Crippen LogP) is 3.08. The van der Waals surface area contributed by atoms with Gasteiger partial charge in [0.05, 0.1) is 24.2 Å². The number of rotatable bonds is 6. The summed E-state index contributed by atoms with van der Waals surface area (Å²) in [4.78, 5) is 21.9. The van der Waals surface area contributed by atoms with Crippen molar-refractivity contribution in [1.29, 1.82) is 0 Å². The van der Waals surface area contributed by atoms with Gasteiger partial charge in [-0.25, -0.2) is 9.78 Å². The normalized spacial score (nSPS) is 16.0. The fourth-order valence-corrected chi connectivity index (χ4v) is 3.39. The van der Waals surface area contributed by atoms with Gasteiger partial charge in [-0.05, 0) is 37.0 Å². The molecule has 8 nitrogen and oxygen atoms in total. The number of aliphatic hydroxyl groups is 2. The van der Waals surface area contributed by atoms with Gasteiger partial charge in [0.1, 0.15) is 17.6 Å². The van der Waals surface area contributed by atoms with Crippen LogP contribution in [0.3, 0.4) is 0 Å². The molecule has 3 heterocycles. The smallest absolute Gasteiger partial charge is 0.393 e. The van der Waals surface area contributed by atoms with Gasteiger partial charge in [-0.2, -0.15) is 13.2 Å². The maximum Gasteiger partial charge on any atom is 0.433 e. The molecular formula is C21H26F3N5O3. The number of nitrogens with zero attached hydrogens (tertiary/aromatic N) is 3. The second-order valence-electron chi connectivity index (χ2n) is 7.82. The Labute approximate surface area is 183 Å². The van der Waals surface area contributed by atoms with E-state index in [0.29, 0.717) is 30.3 Å². The van der Waals surface area contributed by atoms with Crippen LogP contribution in [0.5, 0.6) is 0 Å². The van der Waals surface area contributed by atoms with Crippen LogP contribution in [0.4, 0.5) is 29.5 Å². The molecule has 3 rings (SSSR count). The molecule has 2 aromatic rings. The maximum absolute atomic E-state index is 13.2. The van der Waals surface area contributed by atoms with Crippen molar-refractivity contribution in [2.24, 2.45) is 5.92 Å². The van der Waals surface area contributed by atoms with Gasteiger partial charge in [-0.15, -0.1) is 0 Å². The minimum atomic E-state index is -4.55. The maximum atomic E-state index is 13.2. The number of aliphatic hydroxyl groups excluding tert-OH is 2. The summed E-state index contributed by atoms with van der Waals surface area (Å²) < 4.78 is 39.6. The minimum Gasteiger partial charge on any atom is -0.393 e. The summed E-state index contributed by atoms with van der Waals surface area (Å²) in [5, 5.41) is 23.7. The molecule has 0 aromatic carbocycles. The molecule has 32 heavy (non-hydrogen) atoms. The van der Waals surface area contributed by atoms with Crippen LogP contribution >= 0.6 is 0 Å². The highest BCUT2D eigenvalue weighted by Crippen LogP contribution is 2.32. The molecule has 174 valence electrons. The first-order valence-electron chi connectivity index (χ1n) is 10.3. The monoisotopic (exact) mass is 453 g/mol. The number of halogens is 3. The van der Waals surface area contributed by atoms with E-state index in [1.54, 1.807) is 0 Å². The van der Waals surface area contributed by atoms with Crippen LogP contribution in [0.2, 0.25) is 0 Å². The molecule has 4 N–H and O–H groups in total. The van der Waals surface area contributed by atoms with Gasteiger partial charge in [0.2, 0.25) is 0 Å². The summed E-state index contributed by atoms with van der Waals surface area (Å²) in [7, 11) is 0. The first-order valence-corrected chi connectivity index (χ1v) is 10.3. The molecule has 0 saturated carbocycles. The van der Waals surface area contributed by atoms with Gasteiger partial charge in [0, 0.05) is 25.2 Å². The van der Waals surface area contributed by atoms with Gasteiger partial charge in [-0.3, -0.25) is 4.98 Å². The number of carbonyl (C=O) groups excluding carboxylic acids is 1. The highest BCUT2D eigenvalue weighted by molar-refractivity contribution is 5.89. The predicted molar refractivity (Wildman–Crippen MR) is 112 cm³/mol. The molecule has 1 aliphatic rings. The van der Waals surface area contributed by atoms with E-state index in [2.05, 4.69) is 27.5 Å². The van der Waals surface area contributed by atoms with Crippen LogP contribution < -0.4 is 15.5 Å². The summed E-state index contributed by atoms with van der Waals surface area (Å²) in [6.07, 6.45) is -2.61. The lowest BCUT2D eigenvalue weighted by Crippen LogP contribution is -2.35. The van der Waals surface area contributed by atoms with Crippen molar-refractivity contribution in [2.75, 3.05) is 29.9 Å². The van der Waals surface area contributed by atoms with Crippen LogP contribution in [-0.2, 0) is 12.7 Å². The van der Waals surface area contributed by atoms with Gasteiger partial charge in [0.15, 0.2) is 0 Å². The summed E-state index contributed by atoms with van der Waals surface area (Å²) in [5.41, 5.74) is 0.139. The van der Waals surface area contributed by atoms with E-state index in [9.17, 15) is 23.1 Å². The Morgan fingerprint density at radius 1 is 1.25 bits per heavy atom. The van der Waals surface area contributed by atoms with Crippen LogP contribution in [0.25, 0.3) is 0 Å². The average molecular weight is 453 g/mol. The van der Waals surface area contributed by atoms with Crippen molar-refractivity contribution in [1.82, 2.24) is 15.3 Å². The summed E-state index contributed by atoms with van der Waals surface area (Å²) >= 11 is 0. The van der Waals surface area contributed by atoms with E-state index in [4.69, 9.17) is 5.11 Å². The number of aromatic nitrogens is 2. The number of anilines is 2. The number of hydrogen-bond donors (Lipinski definition) is 4. The summed E-state index contributed by atoms with van der Waals surface area (Å²) in [6.45, 7) is 2.83. The standard InChI is InChI=1S/C21H26F3N5O3/c1-13-6-8-29(9-7-13)19-14(2-5-18(28-19)21(22,23)24)10-26-20(32)27-15-3-4-16(25-11-15)17(31)12-30/h2-5,11,13,17,30-31H,6-10,12H2,1H3,(H2,26,27,32). The third kappa shape index (κ3) is 6.07. The van der Waals surface area contributed by atoms with E-state index in [1.165, 1.54) is 24.4 Å². The first-order chi connectivity index (χ1) is 15.2. The lowest BCUT2D eigenvalue weighted by atomic mass is 9.99. The topological polar surface area (TPSA) is 111 Å². The Bertz CT molecular complexity index is 916. The second-order valence-corrected chi connectivity index (χ2v) is 7.82. The number of amides is 2. The third-order valence-corrected chi connectivity index (χ3v) is 5.33. The van der Waals surface area contributed by atoms with Crippen molar-refractivity contribution in [3.63, 3.8) is 0 Å². The van der Waals surface area contributed by atoms with Crippen LogP contribution in [0.1, 0.15) is 42.8 Å². The van der Waals surface area contributed by atoms with Crippen LogP contribution in [0, 0.1) is 5.92 Å². The zero-order chi connectivity index (χ0) is 23.3. The highest BCUT2D eigenvalue weighted by atomic mass is 19.4. The molecule has 0 spiro atoms. The average Bonchev–Trinajstić information content (AvgIpc) is 2.77. The SMILES string of the molecule is CC1CCN(c2nc(C(F)(F)F)ccc2CNC(=O)Nc2ccc(C(O)CO)nc2)CC1. The summed E-state index contributed by atoms with van der Waals surface area (Å²) in [5.74, 6) is 0.735. The molecule has 2 amide bonds. The number of hydrogen-bond acceptors (Lipinski definition) is 6. The Morgan fingerprint density at radius 3 is 2.56 bits per heavy atom. The van der Waals surface area contributed by atoms with E-state index in [1.807, 2.05) is 4.90 Å². The fourth-order valence-electron chi connectivity index (χ4n) is 3.39. The van der Waals surface area contributed by atoms with Crippen LogP contribution in [-0.4, -0.2) is 45.9 Å². The molecule has 0 bridgehead atoms. The molecule has 1 fully saturated rings. The third-order valence-electron chi connectivity index (χ3n) is 5.33. The largest absolute Gasteiger partial charge is 0.433 e. The van der Waals surface area contributed by atoms with Crippen molar-refractivity contribution >= 4 is 17.5 Å². The van der Waals surface area contributed by atoms with E-state index < -0.39 is 30.6 Å². The van der Waals surface area contributed by atoms with Gasteiger partial charge in [0.25, 0.3) is 0 Å². The van der Waals surface area contributed by atoms with E-state index >= 15 is 0 Å². The zero-order valence-corrected chi connectivity index (χ0v) is 17.6. The van der Waals surface area contributed by atoms with E-state index in [0.717, 1.165) is 18.9 Å². The number of urea groups is 1.